The molecule has 20 heavy (non-hydrogen) atoms. The largest absolute Gasteiger partial charge is 0.383 e. The Kier molecular flexibility index (Phi) is 6.70. The summed E-state index contributed by atoms with van der Waals surface area (Å²) in [6.07, 6.45) is 1.28. The number of carbonyl (C=O) groups is 2. The van der Waals surface area contributed by atoms with E-state index in [-0.39, 0.29) is 21.6 Å². The summed E-state index contributed by atoms with van der Waals surface area (Å²) in [4.78, 5) is 27.4. The summed E-state index contributed by atoms with van der Waals surface area (Å²) in [6, 6.07) is 0.636. The lowest BCUT2D eigenvalue weighted by Gasteiger charge is -2.14. The summed E-state index contributed by atoms with van der Waals surface area (Å²) in [5, 5.41) is 5.46. The number of halogens is 2. The van der Waals surface area contributed by atoms with Gasteiger partial charge in [0, 0.05) is 19.9 Å². The van der Waals surface area contributed by atoms with Crippen LogP contribution in [0.4, 0.5) is 0 Å². The lowest BCUT2D eigenvalue weighted by atomic mass is 10.2. The number of hydrogen-bond donors (Lipinski definition) is 2. The molecule has 110 valence electrons. The molecule has 1 aromatic heterocycles. The zero-order valence-electron chi connectivity index (χ0n) is 11.1. The smallest absolute Gasteiger partial charge is 0.253 e. The van der Waals surface area contributed by atoms with E-state index >= 15 is 0 Å². The number of carbonyl (C=O) groups excluding carboxylic acids is 2. The maximum absolute atomic E-state index is 12.0. The molecule has 0 spiro atoms. The van der Waals surface area contributed by atoms with Crippen molar-refractivity contribution in [2.75, 3.05) is 20.3 Å². The monoisotopic (exact) mass is 319 g/mol. The predicted molar refractivity (Wildman–Crippen MR) is 76.1 cm³/mol. The number of aromatic nitrogens is 1. The summed E-state index contributed by atoms with van der Waals surface area (Å²) in [6.45, 7) is 2.34. The Morgan fingerprint density at radius 1 is 1.45 bits per heavy atom. The van der Waals surface area contributed by atoms with Gasteiger partial charge in [-0.2, -0.15) is 0 Å². The summed E-state index contributed by atoms with van der Waals surface area (Å²) >= 11 is 11.6. The molecule has 0 aliphatic heterocycles. The molecule has 1 rings (SSSR count). The van der Waals surface area contributed by atoms with Crippen LogP contribution in [0.3, 0.4) is 0 Å². The highest BCUT2D eigenvalue weighted by atomic mass is 35.5. The molecule has 1 heterocycles. The number of amides is 2. The van der Waals surface area contributed by atoms with Gasteiger partial charge in [0.2, 0.25) is 5.91 Å². The number of pyridine rings is 1. The van der Waals surface area contributed by atoms with Gasteiger partial charge >= 0.3 is 0 Å². The van der Waals surface area contributed by atoms with Crippen molar-refractivity contribution in [3.63, 3.8) is 0 Å². The van der Waals surface area contributed by atoms with E-state index in [2.05, 4.69) is 15.6 Å². The van der Waals surface area contributed by atoms with E-state index in [0.29, 0.717) is 13.2 Å². The van der Waals surface area contributed by atoms with E-state index in [1.807, 2.05) is 0 Å². The third-order valence-corrected chi connectivity index (χ3v) is 2.92. The number of nitrogens with zero attached hydrogens (tertiary/aromatic N) is 1. The van der Waals surface area contributed by atoms with E-state index in [4.69, 9.17) is 27.9 Å². The van der Waals surface area contributed by atoms with Crippen LogP contribution in [0, 0.1) is 0 Å². The van der Waals surface area contributed by atoms with Crippen molar-refractivity contribution in [1.29, 1.82) is 0 Å². The van der Waals surface area contributed by atoms with Crippen molar-refractivity contribution >= 4 is 35.0 Å². The first-order valence-electron chi connectivity index (χ1n) is 5.84. The zero-order valence-corrected chi connectivity index (χ0v) is 12.6. The normalized spacial score (nSPS) is 11.8. The van der Waals surface area contributed by atoms with E-state index in [1.165, 1.54) is 19.4 Å². The summed E-state index contributed by atoms with van der Waals surface area (Å²) in [5.41, 5.74) is 0.170. The van der Waals surface area contributed by atoms with Gasteiger partial charge < -0.3 is 15.4 Å². The molecule has 0 aromatic carbocycles. The minimum absolute atomic E-state index is 0.150. The number of methoxy groups -OCH3 is 1. The Morgan fingerprint density at radius 2 is 2.15 bits per heavy atom. The molecule has 1 unspecified atom stereocenters. The van der Waals surface area contributed by atoms with E-state index in [1.54, 1.807) is 6.92 Å². The maximum Gasteiger partial charge on any atom is 0.253 e. The van der Waals surface area contributed by atoms with Crippen molar-refractivity contribution in [1.82, 2.24) is 15.6 Å². The third-order valence-electron chi connectivity index (χ3n) is 2.41. The molecule has 0 saturated carbocycles. The molecular weight excluding hydrogens is 305 g/mol. The molecular formula is C12H15Cl2N3O3. The number of rotatable bonds is 6. The SMILES string of the molecule is COCCNC(=O)C(C)NC(=O)c1cc(Cl)ncc1Cl. The van der Waals surface area contributed by atoms with Crippen LogP contribution in [-0.2, 0) is 9.53 Å². The van der Waals surface area contributed by atoms with Crippen LogP contribution in [0.25, 0.3) is 0 Å². The van der Waals surface area contributed by atoms with Crippen molar-refractivity contribution in [2.24, 2.45) is 0 Å². The highest BCUT2D eigenvalue weighted by Crippen LogP contribution is 2.17. The molecule has 6 nitrogen and oxygen atoms in total. The van der Waals surface area contributed by atoms with E-state index < -0.39 is 11.9 Å². The lowest BCUT2D eigenvalue weighted by molar-refractivity contribution is -0.122. The molecule has 1 aromatic rings. The van der Waals surface area contributed by atoms with Gasteiger partial charge in [-0.05, 0) is 13.0 Å². The fourth-order valence-electron chi connectivity index (χ4n) is 1.36. The molecule has 1 atom stereocenters. The van der Waals surface area contributed by atoms with Gasteiger partial charge in [-0.15, -0.1) is 0 Å². The Morgan fingerprint density at radius 3 is 2.80 bits per heavy atom. The first-order chi connectivity index (χ1) is 9.45. The van der Waals surface area contributed by atoms with Gasteiger partial charge in [0.15, 0.2) is 0 Å². The second kappa shape index (κ2) is 8.04. The van der Waals surface area contributed by atoms with Crippen LogP contribution in [0.5, 0.6) is 0 Å². The highest BCUT2D eigenvalue weighted by Gasteiger charge is 2.18. The number of nitrogens with one attached hydrogen (secondary N) is 2. The lowest BCUT2D eigenvalue weighted by Crippen LogP contribution is -2.45. The van der Waals surface area contributed by atoms with Gasteiger partial charge in [-0.3, -0.25) is 9.59 Å². The second-order valence-corrected chi connectivity index (χ2v) is 4.76. The van der Waals surface area contributed by atoms with Gasteiger partial charge in [-0.25, -0.2) is 4.98 Å². The Bertz CT molecular complexity index is 497. The fraction of sp³-hybridized carbons (Fsp3) is 0.417. The van der Waals surface area contributed by atoms with Gasteiger partial charge in [0.05, 0.1) is 17.2 Å². The van der Waals surface area contributed by atoms with Crippen LogP contribution in [0.1, 0.15) is 17.3 Å². The number of hydrogen-bond acceptors (Lipinski definition) is 4. The second-order valence-electron chi connectivity index (χ2n) is 3.97. The molecule has 0 saturated heterocycles. The topological polar surface area (TPSA) is 80.3 Å². The molecule has 0 fully saturated rings. The first kappa shape index (κ1) is 16.7. The van der Waals surface area contributed by atoms with Crippen LogP contribution in [0.15, 0.2) is 12.3 Å². The Balaban J connectivity index is 2.61. The zero-order chi connectivity index (χ0) is 15.1. The van der Waals surface area contributed by atoms with Gasteiger partial charge in [0.25, 0.3) is 5.91 Å². The Labute approximate surface area is 126 Å². The maximum atomic E-state index is 12.0. The van der Waals surface area contributed by atoms with Gasteiger partial charge in [0.1, 0.15) is 11.2 Å². The third kappa shape index (κ3) is 4.96. The van der Waals surface area contributed by atoms with Gasteiger partial charge in [-0.1, -0.05) is 23.2 Å². The van der Waals surface area contributed by atoms with E-state index in [9.17, 15) is 9.59 Å². The molecule has 0 aliphatic rings. The van der Waals surface area contributed by atoms with Crippen molar-refractivity contribution in [3.05, 3.63) is 28.0 Å². The minimum atomic E-state index is -0.706. The van der Waals surface area contributed by atoms with Crippen molar-refractivity contribution < 1.29 is 14.3 Å². The standard InChI is InChI=1S/C12H15Cl2N3O3/c1-7(11(18)15-3-4-20-2)17-12(19)8-5-10(14)16-6-9(8)13/h5-7H,3-4H2,1-2H3,(H,15,18)(H,17,19). The highest BCUT2D eigenvalue weighted by molar-refractivity contribution is 6.35. The van der Waals surface area contributed by atoms with E-state index in [0.717, 1.165) is 0 Å². The summed E-state index contributed by atoms with van der Waals surface area (Å²) < 4.78 is 4.81. The first-order valence-corrected chi connectivity index (χ1v) is 6.60. The molecule has 8 heteroatoms. The molecule has 2 N–H and O–H groups in total. The average molecular weight is 320 g/mol. The Hall–Kier alpha value is -1.37. The van der Waals surface area contributed by atoms with Crippen LogP contribution in [0.2, 0.25) is 10.2 Å². The quantitative estimate of drug-likeness (QED) is 0.611. The van der Waals surface area contributed by atoms with Crippen molar-refractivity contribution in [2.45, 2.75) is 13.0 Å². The van der Waals surface area contributed by atoms with Crippen LogP contribution < -0.4 is 10.6 Å². The van der Waals surface area contributed by atoms with Crippen molar-refractivity contribution in [3.8, 4) is 0 Å². The molecule has 2 amide bonds. The fourth-order valence-corrected chi connectivity index (χ4v) is 1.70. The molecule has 0 aliphatic carbocycles. The van der Waals surface area contributed by atoms with Crippen LogP contribution >= 0.6 is 23.2 Å². The average Bonchev–Trinajstić information content (AvgIpc) is 2.41. The minimum Gasteiger partial charge on any atom is -0.383 e. The molecule has 0 radical (unpaired) electrons. The summed E-state index contributed by atoms with van der Waals surface area (Å²) in [5.74, 6) is -0.805. The summed E-state index contributed by atoms with van der Waals surface area (Å²) in [7, 11) is 1.53. The molecule has 0 bridgehead atoms. The van der Waals surface area contributed by atoms with Crippen LogP contribution in [-0.4, -0.2) is 43.1 Å². The number of ether oxygens (including phenoxy) is 1. The predicted octanol–water partition coefficient (Wildman–Crippen LogP) is 1.27.